The van der Waals surface area contributed by atoms with Crippen molar-refractivity contribution in [2.45, 2.75) is 169 Å². The van der Waals surface area contributed by atoms with E-state index < -0.39 is 8.80 Å². The van der Waals surface area contributed by atoms with E-state index in [1.807, 2.05) is 32.5 Å². The molecule has 0 spiro atoms. The second-order valence-electron chi connectivity index (χ2n) is 11.0. The van der Waals surface area contributed by atoms with Gasteiger partial charge in [-0.15, -0.1) is 0 Å². The van der Waals surface area contributed by atoms with Gasteiger partial charge in [0.1, 0.15) is 0 Å². The molecule has 0 aliphatic rings. The Kier molecular flexibility index (Phi) is 32.8. The smallest absolute Gasteiger partial charge is 0.374 e. The van der Waals surface area contributed by atoms with Crippen LogP contribution < -0.4 is 0 Å². The molecule has 0 rings (SSSR count). The predicted molar refractivity (Wildman–Crippen MR) is 183 cm³/mol. The van der Waals surface area contributed by atoms with Gasteiger partial charge in [0.05, 0.1) is 0 Å². The van der Waals surface area contributed by atoms with Gasteiger partial charge in [-0.3, -0.25) is 4.79 Å². The number of hydrogen-bond acceptors (Lipinski definition) is 6. The lowest BCUT2D eigenvalue weighted by Crippen LogP contribution is -2.46. The molecule has 240 valence electrons. The van der Waals surface area contributed by atoms with Crippen molar-refractivity contribution in [3.8, 4) is 0 Å². The topological polar surface area (TPSA) is 44.8 Å². The van der Waals surface area contributed by atoms with E-state index in [-0.39, 0.29) is 0 Å². The normalized spacial score (nSPS) is 11.9. The van der Waals surface area contributed by atoms with Crippen molar-refractivity contribution < 1.29 is 18.1 Å². The highest BCUT2D eigenvalue weighted by Gasteiger charge is 2.39. The van der Waals surface area contributed by atoms with Crippen LogP contribution >= 0.6 is 23.5 Å². The van der Waals surface area contributed by atoms with Gasteiger partial charge in [0.15, 0.2) is 5.12 Å². The Morgan fingerprint density at radius 1 is 0.500 bits per heavy atom. The highest BCUT2D eigenvalue weighted by Crippen LogP contribution is 2.21. The average Bonchev–Trinajstić information content (AvgIpc) is 2.94. The summed E-state index contributed by atoms with van der Waals surface area (Å²) in [5.74, 6) is 3.37. The Morgan fingerprint density at radius 3 is 1.38 bits per heavy atom. The molecule has 4 nitrogen and oxygen atoms in total. The summed E-state index contributed by atoms with van der Waals surface area (Å²) in [6.45, 7) is 10.3. The van der Waals surface area contributed by atoms with Crippen LogP contribution in [0.1, 0.15) is 163 Å². The van der Waals surface area contributed by atoms with E-state index in [1.54, 1.807) is 11.8 Å². The van der Waals surface area contributed by atoms with Crippen LogP contribution in [-0.4, -0.2) is 51.0 Å². The minimum absolute atomic E-state index is 0.413. The van der Waals surface area contributed by atoms with Gasteiger partial charge in [-0.2, -0.15) is 11.8 Å². The monoisotopic (exact) mass is 620 g/mol. The molecule has 0 aromatic carbocycles. The van der Waals surface area contributed by atoms with Gasteiger partial charge >= 0.3 is 8.80 Å². The van der Waals surface area contributed by atoms with Crippen molar-refractivity contribution in [1.29, 1.82) is 0 Å². The second-order valence-corrected chi connectivity index (χ2v) is 16.1. The van der Waals surface area contributed by atoms with E-state index in [0.717, 1.165) is 36.8 Å². The van der Waals surface area contributed by atoms with Crippen LogP contribution in [0.5, 0.6) is 0 Å². The van der Waals surface area contributed by atoms with Crippen LogP contribution in [0.15, 0.2) is 0 Å². The van der Waals surface area contributed by atoms with E-state index in [0.29, 0.717) is 24.9 Å². The number of thioether (sulfide) groups is 2. The summed E-state index contributed by atoms with van der Waals surface area (Å²) in [7, 11) is -2.47. The summed E-state index contributed by atoms with van der Waals surface area (Å²) in [6.07, 6.45) is 27.4. The third kappa shape index (κ3) is 27.3. The maximum absolute atomic E-state index is 12.1. The van der Waals surface area contributed by atoms with Crippen LogP contribution in [0.3, 0.4) is 0 Å². The molecule has 0 atom stereocenters. The first kappa shape index (κ1) is 40.5. The molecule has 40 heavy (non-hydrogen) atoms. The molecule has 0 radical (unpaired) electrons. The molecule has 0 aromatic heterocycles. The standard InChI is InChI=1S/C33H68O4S2Si/c1-5-9-10-11-12-13-14-15-16-17-18-19-20-21-24-28-33(34)39-31-26-23-22-25-29-38-30-27-32-40(35-6-2,36-7-3)37-8-4/h5-32H2,1-4H3. The first-order valence-electron chi connectivity index (χ1n) is 17.3. The highest BCUT2D eigenvalue weighted by molar-refractivity contribution is 8.13. The molecule has 7 heteroatoms. The van der Waals surface area contributed by atoms with Crippen LogP contribution in [-0.2, 0) is 18.1 Å². The Labute approximate surface area is 260 Å². The Morgan fingerprint density at radius 2 is 0.900 bits per heavy atom. The Balaban J connectivity index is 3.40. The Bertz CT molecular complexity index is 508. The van der Waals surface area contributed by atoms with E-state index in [9.17, 15) is 4.79 Å². The summed E-state index contributed by atoms with van der Waals surface area (Å²) < 4.78 is 17.8. The third-order valence-corrected chi connectivity index (χ3v) is 12.6. The predicted octanol–water partition coefficient (Wildman–Crippen LogP) is 11.2. The molecule has 0 fully saturated rings. The van der Waals surface area contributed by atoms with Crippen LogP contribution in [0.4, 0.5) is 0 Å². The van der Waals surface area contributed by atoms with Gasteiger partial charge in [0.2, 0.25) is 0 Å². The first-order chi connectivity index (χ1) is 19.6. The molecule has 0 saturated carbocycles. The minimum Gasteiger partial charge on any atom is -0.374 e. The zero-order valence-corrected chi connectivity index (χ0v) is 29.9. The molecule has 0 heterocycles. The van der Waals surface area contributed by atoms with Gasteiger partial charge in [-0.05, 0) is 58.0 Å². The lowest BCUT2D eigenvalue weighted by molar-refractivity contribution is -0.111. The summed E-state index contributed by atoms with van der Waals surface area (Å²) in [5.41, 5.74) is 0. The van der Waals surface area contributed by atoms with Crippen molar-refractivity contribution in [3.63, 3.8) is 0 Å². The zero-order chi connectivity index (χ0) is 29.4. The summed E-state index contributed by atoms with van der Waals surface area (Å²) >= 11 is 3.61. The highest BCUT2D eigenvalue weighted by atomic mass is 32.2. The molecule has 0 N–H and O–H groups in total. The molecule has 0 saturated heterocycles. The first-order valence-corrected chi connectivity index (χ1v) is 21.4. The van der Waals surface area contributed by atoms with Crippen LogP contribution in [0.25, 0.3) is 0 Å². The average molecular weight is 621 g/mol. The number of unbranched alkanes of at least 4 members (excludes halogenated alkanes) is 17. The van der Waals surface area contributed by atoms with E-state index >= 15 is 0 Å². The van der Waals surface area contributed by atoms with E-state index in [2.05, 4.69) is 6.92 Å². The maximum atomic E-state index is 12.1. The minimum atomic E-state index is -2.47. The Hall–Kier alpha value is 0.467. The van der Waals surface area contributed by atoms with Gasteiger partial charge in [-0.25, -0.2) is 0 Å². The van der Waals surface area contributed by atoms with Crippen LogP contribution in [0, 0.1) is 0 Å². The largest absolute Gasteiger partial charge is 0.500 e. The van der Waals surface area contributed by atoms with Crippen molar-refractivity contribution >= 4 is 37.4 Å². The summed E-state index contributed by atoms with van der Waals surface area (Å²) in [4.78, 5) is 12.1. The van der Waals surface area contributed by atoms with Crippen molar-refractivity contribution in [2.24, 2.45) is 0 Å². The molecule has 0 amide bonds. The second kappa shape index (κ2) is 32.4. The van der Waals surface area contributed by atoms with E-state index in [4.69, 9.17) is 13.3 Å². The lowest BCUT2D eigenvalue weighted by Gasteiger charge is -2.28. The SMILES string of the molecule is CCCCCCCCCCCCCCCCCC(=O)SCCCCCCSCCC[Si](OCC)(OCC)OCC. The quantitative estimate of drug-likeness (QED) is 0.0537. The molecular formula is C33H68O4S2Si. The number of hydrogen-bond donors (Lipinski definition) is 0. The fraction of sp³-hybridized carbons (Fsp3) is 0.970. The maximum Gasteiger partial charge on any atom is 0.500 e. The third-order valence-electron chi connectivity index (χ3n) is 7.29. The number of carbonyl (C=O) groups is 1. The van der Waals surface area contributed by atoms with E-state index in [1.165, 1.54) is 121 Å². The van der Waals surface area contributed by atoms with Gasteiger partial charge in [0, 0.05) is 38.0 Å². The van der Waals surface area contributed by atoms with Crippen LogP contribution in [0.2, 0.25) is 6.04 Å². The van der Waals surface area contributed by atoms with Gasteiger partial charge in [-0.1, -0.05) is 121 Å². The fourth-order valence-corrected chi connectivity index (χ4v) is 9.75. The lowest BCUT2D eigenvalue weighted by atomic mass is 10.0. The van der Waals surface area contributed by atoms with Crippen molar-refractivity contribution in [2.75, 3.05) is 37.1 Å². The van der Waals surface area contributed by atoms with Gasteiger partial charge < -0.3 is 13.3 Å². The molecule has 0 aliphatic carbocycles. The number of rotatable bonds is 33. The zero-order valence-electron chi connectivity index (χ0n) is 27.2. The summed E-state index contributed by atoms with van der Waals surface area (Å²) in [6, 6.07) is 0.917. The molecule has 0 aliphatic heterocycles. The summed E-state index contributed by atoms with van der Waals surface area (Å²) in [5, 5.41) is 0.413. The molecule has 0 bridgehead atoms. The molecular weight excluding hydrogens is 553 g/mol. The molecule has 0 unspecified atom stereocenters. The van der Waals surface area contributed by atoms with Crippen molar-refractivity contribution in [3.05, 3.63) is 0 Å². The number of carbonyl (C=O) groups excluding carboxylic acids is 1. The fourth-order valence-electron chi connectivity index (χ4n) is 5.05. The van der Waals surface area contributed by atoms with Crippen molar-refractivity contribution in [1.82, 2.24) is 0 Å². The van der Waals surface area contributed by atoms with Gasteiger partial charge in [0.25, 0.3) is 0 Å². The molecule has 0 aromatic rings.